The molecule has 13 rings (SSSR count). The Bertz CT molecular complexity index is 3820. The molecule has 2 aromatic heterocycles. The Labute approximate surface area is 379 Å². The first-order chi connectivity index (χ1) is 32.2. The zero-order valence-corrected chi connectivity index (χ0v) is 35.9. The highest BCUT2D eigenvalue weighted by Gasteiger charge is 2.22. The van der Waals surface area contributed by atoms with Gasteiger partial charge in [0.1, 0.15) is 0 Å². The van der Waals surface area contributed by atoms with Crippen molar-refractivity contribution in [2.24, 2.45) is 0 Å². The molecule has 0 unspecified atom stereocenters. The predicted octanol–water partition coefficient (Wildman–Crippen LogP) is 16.9. The zero-order chi connectivity index (χ0) is 42.8. The summed E-state index contributed by atoms with van der Waals surface area (Å²) < 4.78 is 2.55. The van der Waals surface area contributed by atoms with Crippen LogP contribution in [0.5, 0.6) is 0 Å². The fourth-order valence-corrected chi connectivity index (χ4v) is 11.2. The molecular formula is C61H37N3S. The van der Waals surface area contributed by atoms with Crippen LogP contribution in [0.15, 0.2) is 224 Å². The number of fused-ring (bicyclic) bond motifs is 7. The maximum Gasteiger partial charge on any atom is 0.165 e. The Balaban J connectivity index is 0.996. The van der Waals surface area contributed by atoms with E-state index in [2.05, 4.69) is 188 Å². The summed E-state index contributed by atoms with van der Waals surface area (Å²) in [7, 11) is 0. The van der Waals surface area contributed by atoms with Gasteiger partial charge < -0.3 is 0 Å². The van der Waals surface area contributed by atoms with Gasteiger partial charge in [-0.2, -0.15) is 0 Å². The van der Waals surface area contributed by atoms with Gasteiger partial charge in [-0.25, -0.2) is 15.0 Å². The van der Waals surface area contributed by atoms with E-state index in [-0.39, 0.29) is 0 Å². The molecule has 0 atom stereocenters. The van der Waals surface area contributed by atoms with Crippen LogP contribution in [0.1, 0.15) is 0 Å². The summed E-state index contributed by atoms with van der Waals surface area (Å²) in [6, 6.07) is 80.6. The first kappa shape index (κ1) is 37.3. The summed E-state index contributed by atoms with van der Waals surface area (Å²) in [6.45, 7) is 0. The average Bonchev–Trinajstić information content (AvgIpc) is 3.75. The van der Waals surface area contributed by atoms with Crippen LogP contribution >= 0.6 is 11.3 Å². The SMILES string of the molecule is c1ccc(-c2nc(-c3ccccc3)nc(-c3c4ccccc4c(-c4ccc5sc6cc(-c7c8ccccc8c(-c8ccccc8)c8ccccc78)ccc6c5c4)c4ccccc34)n2)cc1. The maximum absolute atomic E-state index is 5.23. The lowest BCUT2D eigenvalue weighted by Crippen LogP contribution is -2.01. The van der Waals surface area contributed by atoms with Gasteiger partial charge in [-0.1, -0.05) is 206 Å². The largest absolute Gasteiger partial charge is 0.208 e. The third-order valence-corrected chi connectivity index (χ3v) is 14.0. The molecule has 0 aliphatic heterocycles. The summed E-state index contributed by atoms with van der Waals surface area (Å²) in [4.78, 5) is 15.5. The molecule has 0 radical (unpaired) electrons. The average molecular weight is 844 g/mol. The van der Waals surface area contributed by atoms with E-state index in [1.54, 1.807) is 0 Å². The van der Waals surface area contributed by atoms with E-state index < -0.39 is 0 Å². The van der Waals surface area contributed by atoms with Gasteiger partial charge in [0, 0.05) is 36.9 Å². The van der Waals surface area contributed by atoms with Crippen molar-refractivity contribution in [3.63, 3.8) is 0 Å². The summed E-state index contributed by atoms with van der Waals surface area (Å²) >= 11 is 1.87. The summed E-state index contributed by atoms with van der Waals surface area (Å²) in [5.74, 6) is 1.95. The van der Waals surface area contributed by atoms with Crippen molar-refractivity contribution >= 4 is 74.6 Å². The van der Waals surface area contributed by atoms with Crippen LogP contribution in [0, 0.1) is 0 Å². The topological polar surface area (TPSA) is 38.7 Å². The van der Waals surface area contributed by atoms with Gasteiger partial charge in [0.05, 0.1) is 0 Å². The summed E-state index contributed by atoms with van der Waals surface area (Å²) in [5.41, 5.74) is 10.3. The van der Waals surface area contributed by atoms with E-state index in [4.69, 9.17) is 15.0 Å². The number of hydrogen-bond acceptors (Lipinski definition) is 4. The molecule has 0 saturated heterocycles. The Morgan fingerprint density at radius 2 is 0.569 bits per heavy atom. The van der Waals surface area contributed by atoms with Gasteiger partial charge in [-0.05, 0) is 94.7 Å². The second-order valence-corrected chi connectivity index (χ2v) is 17.7. The maximum atomic E-state index is 5.23. The highest BCUT2D eigenvalue weighted by atomic mass is 32.1. The van der Waals surface area contributed by atoms with Gasteiger partial charge in [0.25, 0.3) is 0 Å². The molecule has 0 saturated carbocycles. The van der Waals surface area contributed by atoms with E-state index in [1.165, 1.54) is 75.1 Å². The third-order valence-electron chi connectivity index (χ3n) is 12.9. The third kappa shape index (κ3) is 6.14. The second-order valence-electron chi connectivity index (χ2n) is 16.6. The van der Waals surface area contributed by atoms with Gasteiger partial charge in [-0.3, -0.25) is 0 Å². The molecule has 0 aliphatic rings. The van der Waals surface area contributed by atoms with Crippen LogP contribution in [0.2, 0.25) is 0 Å². The summed E-state index contributed by atoms with van der Waals surface area (Å²) in [5, 5.41) is 12.1. The van der Waals surface area contributed by atoms with Crippen molar-refractivity contribution in [3.05, 3.63) is 224 Å². The van der Waals surface area contributed by atoms with E-state index in [0.717, 1.165) is 38.2 Å². The second kappa shape index (κ2) is 15.2. The van der Waals surface area contributed by atoms with Gasteiger partial charge in [0.2, 0.25) is 0 Å². The molecule has 13 aromatic rings. The number of benzene rings is 11. The first-order valence-corrected chi connectivity index (χ1v) is 22.8. The van der Waals surface area contributed by atoms with Crippen LogP contribution in [0.25, 0.3) is 131 Å². The van der Waals surface area contributed by atoms with E-state index in [9.17, 15) is 0 Å². The van der Waals surface area contributed by atoms with Crippen molar-refractivity contribution in [3.8, 4) is 67.5 Å². The van der Waals surface area contributed by atoms with Gasteiger partial charge in [-0.15, -0.1) is 11.3 Å². The quantitative estimate of drug-likeness (QED) is 0.157. The lowest BCUT2D eigenvalue weighted by Gasteiger charge is -2.18. The lowest BCUT2D eigenvalue weighted by atomic mass is 9.86. The molecular weight excluding hydrogens is 807 g/mol. The Kier molecular flexibility index (Phi) is 8.71. The standard InChI is InChI=1S/C61H37N3S/c1-4-18-38(19-5-1)55-44-24-10-12-26-46(44)57(47-27-13-11-25-45(47)55)42-32-34-43-52-36-41(33-35-53(52)65-54(43)37-42)56-48-28-14-16-30-50(48)58(51-31-17-15-29-49(51)56)61-63-59(39-20-6-2-7-21-39)62-60(64-61)40-22-8-3-9-23-40/h1-37H. The number of hydrogen-bond donors (Lipinski definition) is 0. The molecule has 0 spiro atoms. The molecule has 0 fully saturated rings. The Hall–Kier alpha value is -8.31. The minimum Gasteiger partial charge on any atom is -0.208 e. The highest BCUT2D eigenvalue weighted by molar-refractivity contribution is 7.25. The van der Waals surface area contributed by atoms with Crippen molar-refractivity contribution in [2.75, 3.05) is 0 Å². The van der Waals surface area contributed by atoms with Crippen molar-refractivity contribution in [1.29, 1.82) is 0 Å². The summed E-state index contributed by atoms with van der Waals surface area (Å²) in [6.07, 6.45) is 0. The van der Waals surface area contributed by atoms with Crippen LogP contribution < -0.4 is 0 Å². The van der Waals surface area contributed by atoms with Crippen molar-refractivity contribution < 1.29 is 0 Å². The predicted molar refractivity (Wildman–Crippen MR) is 275 cm³/mol. The minimum absolute atomic E-state index is 0.648. The molecule has 302 valence electrons. The smallest absolute Gasteiger partial charge is 0.165 e. The molecule has 65 heavy (non-hydrogen) atoms. The number of thiophene rings is 1. The molecule has 11 aromatic carbocycles. The normalized spacial score (nSPS) is 11.7. The van der Waals surface area contributed by atoms with Crippen molar-refractivity contribution in [1.82, 2.24) is 15.0 Å². The number of nitrogens with zero attached hydrogens (tertiary/aromatic N) is 3. The fourth-order valence-electron chi connectivity index (χ4n) is 10.0. The van der Waals surface area contributed by atoms with Gasteiger partial charge in [0.15, 0.2) is 17.5 Å². The van der Waals surface area contributed by atoms with Crippen LogP contribution in [0.3, 0.4) is 0 Å². The van der Waals surface area contributed by atoms with E-state index in [1.807, 2.05) is 47.7 Å². The van der Waals surface area contributed by atoms with E-state index >= 15 is 0 Å². The van der Waals surface area contributed by atoms with E-state index in [0.29, 0.717) is 17.5 Å². The number of aromatic nitrogens is 3. The zero-order valence-electron chi connectivity index (χ0n) is 35.1. The number of rotatable bonds is 6. The van der Waals surface area contributed by atoms with Crippen LogP contribution in [0.4, 0.5) is 0 Å². The fraction of sp³-hybridized carbons (Fsp3) is 0. The van der Waals surface area contributed by atoms with Gasteiger partial charge >= 0.3 is 0 Å². The molecule has 2 heterocycles. The first-order valence-electron chi connectivity index (χ1n) is 22.0. The Morgan fingerprint density at radius 1 is 0.215 bits per heavy atom. The highest BCUT2D eigenvalue weighted by Crippen LogP contribution is 2.48. The molecule has 3 nitrogen and oxygen atoms in total. The molecule has 0 amide bonds. The minimum atomic E-state index is 0.648. The van der Waals surface area contributed by atoms with Crippen LogP contribution in [-0.2, 0) is 0 Å². The Morgan fingerprint density at radius 3 is 1.03 bits per heavy atom. The monoisotopic (exact) mass is 843 g/mol. The molecule has 0 bridgehead atoms. The van der Waals surface area contributed by atoms with Crippen LogP contribution in [-0.4, -0.2) is 15.0 Å². The molecule has 0 N–H and O–H groups in total. The van der Waals surface area contributed by atoms with Crippen molar-refractivity contribution in [2.45, 2.75) is 0 Å². The molecule has 0 aliphatic carbocycles. The molecule has 4 heteroatoms. The lowest BCUT2D eigenvalue weighted by molar-refractivity contribution is 1.08.